The van der Waals surface area contributed by atoms with Gasteiger partial charge in [-0.05, 0) is 64.6 Å². The lowest BCUT2D eigenvalue weighted by atomic mass is 10.2. The molecule has 1 fully saturated rings. The van der Waals surface area contributed by atoms with Crippen molar-refractivity contribution in [2.45, 2.75) is 4.58 Å². The molecule has 0 spiro atoms. The van der Waals surface area contributed by atoms with Crippen LogP contribution in [0.4, 0.5) is 0 Å². The maximum Gasteiger partial charge on any atom is 0.349 e. The number of rotatable bonds is 5. The molecule has 1 saturated heterocycles. The number of hydrogen-bond acceptors (Lipinski definition) is 5. The first kappa shape index (κ1) is 17.0. The van der Waals surface area contributed by atoms with Gasteiger partial charge in [-0.15, -0.1) is 23.5 Å². The summed E-state index contributed by atoms with van der Waals surface area (Å²) < 4.78 is 12.3. The van der Waals surface area contributed by atoms with E-state index in [1.807, 2.05) is 72.1 Å². The monoisotopic (exact) mass is 458 g/mol. The van der Waals surface area contributed by atoms with Crippen molar-refractivity contribution in [2.75, 3.05) is 18.1 Å². The van der Waals surface area contributed by atoms with E-state index in [-0.39, 0.29) is 6.61 Å². The van der Waals surface area contributed by atoms with E-state index in [2.05, 4.69) is 22.6 Å². The molecule has 1 aliphatic heterocycles. The van der Waals surface area contributed by atoms with Crippen LogP contribution in [0.3, 0.4) is 0 Å². The van der Waals surface area contributed by atoms with E-state index >= 15 is 0 Å². The second-order valence-corrected chi connectivity index (χ2v) is 8.83. The first-order valence-electron chi connectivity index (χ1n) is 7.13. The van der Waals surface area contributed by atoms with Crippen molar-refractivity contribution in [1.29, 1.82) is 0 Å². The van der Waals surface area contributed by atoms with Gasteiger partial charge >= 0.3 is 5.97 Å². The molecule has 0 bridgehead atoms. The van der Waals surface area contributed by atoms with E-state index in [1.165, 1.54) is 17.1 Å². The van der Waals surface area contributed by atoms with Crippen molar-refractivity contribution < 1.29 is 14.3 Å². The number of esters is 1. The molecule has 0 aliphatic carbocycles. The average Bonchev–Trinajstić information content (AvgIpc) is 3.09. The number of hydrogen-bond donors (Lipinski definition) is 0. The standard InChI is InChI=1S/C17H15IO3S2/c18-13-3-7-14(8-4-13)20-11-16(19)21-15-5-1-12(2-6-15)17-22-9-10-23-17/h1-8,17H,9-11H2. The normalized spacial score (nSPS) is 14.7. The molecule has 23 heavy (non-hydrogen) atoms. The Labute approximate surface area is 157 Å². The van der Waals surface area contributed by atoms with Crippen LogP contribution in [0.1, 0.15) is 10.1 Å². The van der Waals surface area contributed by atoms with Crippen molar-refractivity contribution in [2.24, 2.45) is 0 Å². The zero-order valence-electron chi connectivity index (χ0n) is 12.2. The fourth-order valence-corrected chi connectivity index (χ4v) is 5.30. The molecule has 6 heteroatoms. The second kappa shape index (κ2) is 8.30. The largest absolute Gasteiger partial charge is 0.482 e. The van der Waals surface area contributed by atoms with Crippen LogP contribution in [0, 0.1) is 3.57 Å². The minimum absolute atomic E-state index is 0.101. The molecule has 2 aromatic rings. The van der Waals surface area contributed by atoms with Crippen LogP contribution in [-0.4, -0.2) is 24.1 Å². The van der Waals surface area contributed by atoms with Crippen LogP contribution in [0.25, 0.3) is 0 Å². The van der Waals surface area contributed by atoms with Gasteiger partial charge in [0.05, 0.1) is 4.58 Å². The third-order valence-corrected chi connectivity index (χ3v) is 7.00. The van der Waals surface area contributed by atoms with Crippen molar-refractivity contribution in [1.82, 2.24) is 0 Å². The van der Waals surface area contributed by atoms with Crippen LogP contribution in [0.2, 0.25) is 0 Å². The molecule has 3 rings (SSSR count). The smallest absolute Gasteiger partial charge is 0.349 e. The van der Waals surface area contributed by atoms with Crippen LogP contribution in [0.15, 0.2) is 48.5 Å². The summed E-state index contributed by atoms with van der Waals surface area (Å²) in [7, 11) is 0. The molecule has 3 nitrogen and oxygen atoms in total. The van der Waals surface area contributed by atoms with Gasteiger partial charge in [-0.3, -0.25) is 0 Å². The molecular weight excluding hydrogens is 443 g/mol. The molecular formula is C17H15IO3S2. The fourth-order valence-electron chi connectivity index (χ4n) is 2.08. The number of ether oxygens (including phenoxy) is 2. The molecule has 0 amide bonds. The van der Waals surface area contributed by atoms with Crippen LogP contribution in [-0.2, 0) is 4.79 Å². The molecule has 0 radical (unpaired) electrons. The summed E-state index contributed by atoms with van der Waals surface area (Å²) in [6.07, 6.45) is 0. The van der Waals surface area contributed by atoms with Crippen LogP contribution < -0.4 is 9.47 Å². The van der Waals surface area contributed by atoms with Crippen molar-refractivity contribution >= 4 is 52.1 Å². The number of benzene rings is 2. The summed E-state index contributed by atoms with van der Waals surface area (Å²) in [5.74, 6) is 3.20. The van der Waals surface area contributed by atoms with Crippen molar-refractivity contribution in [3.05, 3.63) is 57.7 Å². The number of halogens is 1. The Kier molecular flexibility index (Phi) is 6.13. The van der Waals surface area contributed by atoms with Crippen LogP contribution >= 0.6 is 46.1 Å². The SMILES string of the molecule is O=C(COc1ccc(I)cc1)Oc1ccc(C2SCCS2)cc1. The van der Waals surface area contributed by atoms with E-state index in [0.717, 1.165) is 3.57 Å². The number of carbonyl (C=O) groups is 1. The van der Waals surface area contributed by atoms with E-state index in [1.54, 1.807) is 0 Å². The average molecular weight is 458 g/mol. The lowest BCUT2D eigenvalue weighted by Crippen LogP contribution is -2.17. The lowest BCUT2D eigenvalue weighted by molar-refractivity contribution is -0.136. The highest BCUT2D eigenvalue weighted by molar-refractivity contribution is 14.1. The Morgan fingerprint density at radius 2 is 1.61 bits per heavy atom. The Morgan fingerprint density at radius 1 is 1.00 bits per heavy atom. The quantitative estimate of drug-likeness (QED) is 0.367. The summed E-state index contributed by atoms with van der Waals surface area (Å²) in [5.41, 5.74) is 1.27. The predicted molar refractivity (Wildman–Crippen MR) is 104 cm³/mol. The second-order valence-electron chi connectivity index (χ2n) is 4.86. The Balaban J connectivity index is 1.50. The van der Waals surface area contributed by atoms with E-state index in [4.69, 9.17) is 9.47 Å². The Hall–Kier alpha value is -0.860. The first-order chi connectivity index (χ1) is 11.2. The molecule has 0 unspecified atom stereocenters. The molecule has 120 valence electrons. The van der Waals surface area contributed by atoms with Crippen molar-refractivity contribution in [3.63, 3.8) is 0 Å². The van der Waals surface area contributed by atoms with Gasteiger partial charge < -0.3 is 9.47 Å². The number of carbonyl (C=O) groups excluding carboxylic acids is 1. The van der Waals surface area contributed by atoms with Gasteiger partial charge in [-0.25, -0.2) is 4.79 Å². The molecule has 1 heterocycles. The first-order valence-corrected chi connectivity index (χ1v) is 10.3. The highest BCUT2D eigenvalue weighted by atomic mass is 127. The van der Waals surface area contributed by atoms with E-state index in [9.17, 15) is 4.79 Å². The fraction of sp³-hybridized carbons (Fsp3) is 0.235. The summed E-state index contributed by atoms with van der Waals surface area (Å²) in [6, 6.07) is 15.3. The zero-order chi connectivity index (χ0) is 16.1. The van der Waals surface area contributed by atoms with Gasteiger partial charge in [0.1, 0.15) is 11.5 Å². The van der Waals surface area contributed by atoms with Crippen molar-refractivity contribution in [3.8, 4) is 11.5 Å². The van der Waals surface area contributed by atoms with Gasteiger partial charge in [0.25, 0.3) is 0 Å². The third kappa shape index (κ3) is 5.06. The molecule has 2 aromatic carbocycles. The summed E-state index contributed by atoms with van der Waals surface area (Å²) in [6.45, 7) is -0.101. The van der Waals surface area contributed by atoms with Gasteiger partial charge in [0.15, 0.2) is 6.61 Å². The predicted octanol–water partition coefficient (Wildman–Crippen LogP) is 4.75. The van der Waals surface area contributed by atoms with E-state index < -0.39 is 5.97 Å². The highest BCUT2D eigenvalue weighted by Crippen LogP contribution is 2.45. The Morgan fingerprint density at radius 3 is 2.26 bits per heavy atom. The summed E-state index contributed by atoms with van der Waals surface area (Å²) in [4.78, 5) is 11.8. The minimum atomic E-state index is -0.402. The maximum absolute atomic E-state index is 11.8. The molecule has 0 N–H and O–H groups in total. The van der Waals surface area contributed by atoms with Gasteiger partial charge in [-0.2, -0.15) is 0 Å². The topological polar surface area (TPSA) is 35.5 Å². The molecule has 0 saturated carbocycles. The highest BCUT2D eigenvalue weighted by Gasteiger charge is 2.18. The minimum Gasteiger partial charge on any atom is -0.482 e. The summed E-state index contributed by atoms with van der Waals surface area (Å²) >= 11 is 6.13. The van der Waals surface area contributed by atoms with Gasteiger partial charge in [0.2, 0.25) is 0 Å². The molecule has 0 aromatic heterocycles. The van der Waals surface area contributed by atoms with E-state index in [0.29, 0.717) is 16.1 Å². The lowest BCUT2D eigenvalue weighted by Gasteiger charge is -2.10. The number of thioether (sulfide) groups is 2. The van der Waals surface area contributed by atoms with Crippen LogP contribution in [0.5, 0.6) is 11.5 Å². The summed E-state index contributed by atoms with van der Waals surface area (Å²) in [5, 5.41) is 0. The molecule has 0 atom stereocenters. The van der Waals surface area contributed by atoms with Gasteiger partial charge in [-0.1, -0.05) is 12.1 Å². The van der Waals surface area contributed by atoms with Gasteiger partial charge in [0, 0.05) is 15.1 Å². The molecule has 1 aliphatic rings. The maximum atomic E-state index is 11.8. The Bertz CT molecular complexity index is 653. The third-order valence-electron chi connectivity index (χ3n) is 3.18. The zero-order valence-corrected chi connectivity index (χ0v) is 16.0.